The third-order valence-electron chi connectivity index (χ3n) is 4.66. The molecule has 4 unspecified atom stereocenters. The topological polar surface area (TPSA) is 220 Å². The number of hydrogen-bond donors (Lipinski definition) is 8. The summed E-state index contributed by atoms with van der Waals surface area (Å²) in [5.74, 6) is -4.49. The average molecular weight is 477 g/mol. The number of amides is 4. The molecule has 0 aromatic rings. The lowest BCUT2D eigenvalue weighted by atomic mass is 10.0. The summed E-state index contributed by atoms with van der Waals surface area (Å²) in [6.07, 6.45) is 1.39. The van der Waals surface area contributed by atoms with E-state index in [1.807, 2.05) is 0 Å². The summed E-state index contributed by atoms with van der Waals surface area (Å²) in [6.45, 7) is 3.71. The molecule has 0 heterocycles. The number of carbonyl (C=O) groups excluding carboxylic acids is 4. The summed E-state index contributed by atoms with van der Waals surface area (Å²) in [4.78, 5) is 60.0. The highest BCUT2D eigenvalue weighted by Gasteiger charge is 2.30. The second-order valence-corrected chi connectivity index (χ2v) is 8.13. The lowest BCUT2D eigenvalue weighted by molar-refractivity contribution is -0.143. The van der Waals surface area contributed by atoms with Crippen molar-refractivity contribution < 1.29 is 29.1 Å². The van der Waals surface area contributed by atoms with E-state index in [0.717, 1.165) is 0 Å². The molecule has 0 aliphatic rings. The first kappa shape index (κ1) is 29.6. The van der Waals surface area contributed by atoms with Crippen molar-refractivity contribution in [2.75, 3.05) is 12.3 Å². The molecule has 0 saturated carbocycles. The van der Waals surface area contributed by atoms with Gasteiger partial charge in [0.15, 0.2) is 0 Å². The van der Waals surface area contributed by atoms with Gasteiger partial charge in [-0.15, -0.1) is 0 Å². The summed E-state index contributed by atoms with van der Waals surface area (Å²) in [5.41, 5.74) is 16.4. The molecule has 0 aromatic carbocycles. The van der Waals surface area contributed by atoms with Gasteiger partial charge in [-0.25, -0.2) is 4.79 Å². The van der Waals surface area contributed by atoms with E-state index in [0.29, 0.717) is 25.8 Å². The van der Waals surface area contributed by atoms with Crippen LogP contribution in [0.1, 0.15) is 46.0 Å². The minimum absolute atomic E-state index is 0.104. The SMILES string of the molecule is CC(C)C(NC(=O)C(CS)NC(=O)C(CCC(N)=O)NC(=O)C(N)CCCCN)C(=O)O. The fourth-order valence-electron chi connectivity index (χ4n) is 2.71. The van der Waals surface area contributed by atoms with Gasteiger partial charge in [0.25, 0.3) is 0 Å². The molecule has 0 bridgehead atoms. The Kier molecular flexibility index (Phi) is 14.3. The minimum Gasteiger partial charge on any atom is -0.480 e. The van der Waals surface area contributed by atoms with Gasteiger partial charge in [0.2, 0.25) is 23.6 Å². The smallest absolute Gasteiger partial charge is 0.326 e. The van der Waals surface area contributed by atoms with Crippen LogP contribution in [0.5, 0.6) is 0 Å². The predicted octanol–water partition coefficient (Wildman–Crippen LogP) is -2.17. The van der Waals surface area contributed by atoms with Crippen molar-refractivity contribution in [3.8, 4) is 0 Å². The molecule has 0 spiro atoms. The number of thiol groups is 1. The maximum absolute atomic E-state index is 12.7. The third kappa shape index (κ3) is 11.3. The van der Waals surface area contributed by atoms with Crippen molar-refractivity contribution in [2.45, 2.75) is 70.1 Å². The Hall–Kier alpha value is -2.38. The molecule has 4 atom stereocenters. The molecule has 0 radical (unpaired) electrons. The summed E-state index contributed by atoms with van der Waals surface area (Å²) in [6, 6.07) is -4.38. The molecule has 0 aromatic heterocycles. The van der Waals surface area contributed by atoms with Gasteiger partial charge in [0.1, 0.15) is 18.1 Å². The summed E-state index contributed by atoms with van der Waals surface area (Å²) < 4.78 is 0. The first-order chi connectivity index (χ1) is 14.9. The highest BCUT2D eigenvalue weighted by Crippen LogP contribution is 2.05. The molecule has 0 aliphatic carbocycles. The van der Waals surface area contributed by atoms with Gasteiger partial charge < -0.3 is 38.3 Å². The van der Waals surface area contributed by atoms with Gasteiger partial charge in [-0.2, -0.15) is 12.6 Å². The van der Waals surface area contributed by atoms with Crippen LogP contribution < -0.4 is 33.2 Å². The Labute approximate surface area is 193 Å². The van der Waals surface area contributed by atoms with Crippen molar-refractivity contribution >= 4 is 42.2 Å². The van der Waals surface area contributed by atoms with Crippen LogP contribution in [0, 0.1) is 5.92 Å². The van der Waals surface area contributed by atoms with Crippen LogP contribution in [0.25, 0.3) is 0 Å². The number of aliphatic carboxylic acids is 1. The zero-order chi connectivity index (χ0) is 24.8. The Balaban J connectivity index is 5.23. The number of nitrogens with one attached hydrogen (secondary N) is 3. The standard InChI is InChI=1S/C19H36N6O6S/c1-10(2)15(19(30)31)25-18(29)13(9-32)24-17(28)12(6-7-14(22)26)23-16(27)11(21)5-3-4-8-20/h10-13,15,32H,3-9,20-21H2,1-2H3,(H2,22,26)(H,23,27)(H,24,28)(H,25,29)(H,30,31). The van der Waals surface area contributed by atoms with E-state index in [1.54, 1.807) is 13.8 Å². The van der Waals surface area contributed by atoms with Gasteiger partial charge in [-0.1, -0.05) is 20.3 Å². The van der Waals surface area contributed by atoms with Crippen molar-refractivity contribution in [3.05, 3.63) is 0 Å². The van der Waals surface area contributed by atoms with Crippen LogP contribution in [0.4, 0.5) is 0 Å². The Morgan fingerprint density at radius 3 is 1.94 bits per heavy atom. The van der Waals surface area contributed by atoms with Crippen LogP contribution in [-0.4, -0.2) is 71.2 Å². The Bertz CT molecular complexity index is 662. The van der Waals surface area contributed by atoms with Crippen molar-refractivity contribution in [3.63, 3.8) is 0 Å². The van der Waals surface area contributed by atoms with E-state index in [9.17, 15) is 29.1 Å². The molecule has 0 saturated heterocycles. The second kappa shape index (κ2) is 15.4. The highest BCUT2D eigenvalue weighted by atomic mass is 32.1. The molecule has 0 fully saturated rings. The molecule has 184 valence electrons. The summed E-state index contributed by atoms with van der Waals surface area (Å²) in [5, 5.41) is 16.5. The van der Waals surface area contributed by atoms with E-state index >= 15 is 0 Å². The number of nitrogens with two attached hydrogens (primary N) is 3. The van der Waals surface area contributed by atoms with Crippen LogP contribution in [0.3, 0.4) is 0 Å². The number of rotatable bonds is 16. The monoisotopic (exact) mass is 476 g/mol. The third-order valence-corrected chi connectivity index (χ3v) is 5.03. The number of carboxylic acids is 1. The first-order valence-corrected chi connectivity index (χ1v) is 11.1. The number of hydrogen-bond acceptors (Lipinski definition) is 8. The largest absolute Gasteiger partial charge is 0.480 e. The predicted molar refractivity (Wildman–Crippen MR) is 121 cm³/mol. The highest BCUT2D eigenvalue weighted by molar-refractivity contribution is 7.80. The fraction of sp³-hybridized carbons (Fsp3) is 0.737. The van der Waals surface area contributed by atoms with Gasteiger partial charge in [-0.3, -0.25) is 19.2 Å². The average Bonchev–Trinajstić information content (AvgIpc) is 2.71. The van der Waals surface area contributed by atoms with Crippen LogP contribution in [0.2, 0.25) is 0 Å². The molecule has 12 nitrogen and oxygen atoms in total. The zero-order valence-electron chi connectivity index (χ0n) is 18.5. The maximum Gasteiger partial charge on any atom is 0.326 e. The summed E-state index contributed by atoms with van der Waals surface area (Å²) in [7, 11) is 0. The van der Waals surface area contributed by atoms with Crippen LogP contribution in [-0.2, 0) is 24.0 Å². The van der Waals surface area contributed by atoms with E-state index in [2.05, 4.69) is 28.6 Å². The second-order valence-electron chi connectivity index (χ2n) is 7.77. The molecule has 10 N–H and O–H groups in total. The number of unbranched alkanes of at least 4 members (excludes halogenated alkanes) is 1. The van der Waals surface area contributed by atoms with Crippen molar-refractivity contribution in [1.29, 1.82) is 0 Å². The zero-order valence-corrected chi connectivity index (χ0v) is 19.4. The maximum atomic E-state index is 12.7. The van der Waals surface area contributed by atoms with Gasteiger partial charge in [0.05, 0.1) is 6.04 Å². The molecular formula is C19H36N6O6S. The number of carbonyl (C=O) groups is 5. The minimum atomic E-state index is -1.21. The quantitative estimate of drug-likeness (QED) is 0.0902. The van der Waals surface area contributed by atoms with E-state index < -0.39 is 59.7 Å². The lowest BCUT2D eigenvalue weighted by Crippen LogP contribution is -2.58. The Morgan fingerprint density at radius 1 is 0.906 bits per heavy atom. The summed E-state index contributed by atoms with van der Waals surface area (Å²) >= 11 is 4.04. The van der Waals surface area contributed by atoms with E-state index in [4.69, 9.17) is 17.2 Å². The molecular weight excluding hydrogens is 440 g/mol. The van der Waals surface area contributed by atoms with Crippen LogP contribution >= 0.6 is 12.6 Å². The molecule has 0 aliphatic heterocycles. The molecule has 32 heavy (non-hydrogen) atoms. The number of primary amides is 1. The lowest BCUT2D eigenvalue weighted by Gasteiger charge is -2.25. The number of carboxylic acid groups (broad SMARTS) is 1. The van der Waals surface area contributed by atoms with Gasteiger partial charge in [0, 0.05) is 12.2 Å². The fourth-order valence-corrected chi connectivity index (χ4v) is 2.96. The normalized spacial score (nSPS) is 14.7. The Morgan fingerprint density at radius 2 is 1.47 bits per heavy atom. The first-order valence-electron chi connectivity index (χ1n) is 10.4. The molecule has 0 rings (SSSR count). The molecule has 13 heteroatoms. The molecule has 4 amide bonds. The van der Waals surface area contributed by atoms with Crippen LogP contribution in [0.15, 0.2) is 0 Å². The van der Waals surface area contributed by atoms with Gasteiger partial charge in [-0.05, 0) is 31.7 Å². The van der Waals surface area contributed by atoms with Gasteiger partial charge >= 0.3 is 5.97 Å². The van der Waals surface area contributed by atoms with Crippen molar-refractivity contribution in [1.82, 2.24) is 16.0 Å². The van der Waals surface area contributed by atoms with Crippen molar-refractivity contribution in [2.24, 2.45) is 23.1 Å². The van der Waals surface area contributed by atoms with E-state index in [1.165, 1.54) is 0 Å². The van der Waals surface area contributed by atoms with E-state index in [-0.39, 0.29) is 18.6 Å².